The highest BCUT2D eigenvalue weighted by Gasteiger charge is 2.52. The Morgan fingerprint density at radius 1 is 1.22 bits per heavy atom. The van der Waals surface area contributed by atoms with Crippen LogP contribution in [0.1, 0.15) is 23.6 Å². The molecule has 0 radical (unpaired) electrons. The molecule has 2 heterocycles. The van der Waals surface area contributed by atoms with Gasteiger partial charge in [0.2, 0.25) is 5.91 Å². The average molecular weight is 396 g/mol. The van der Waals surface area contributed by atoms with E-state index in [2.05, 4.69) is 0 Å². The number of rotatable bonds is 6. The molecule has 0 N–H and O–H groups in total. The second kappa shape index (κ2) is 7.87. The van der Waals surface area contributed by atoms with E-state index < -0.39 is 10.2 Å². The lowest BCUT2D eigenvalue weighted by molar-refractivity contribution is -0.131. The number of carbonyl (C=O) groups excluding carboxylic acids is 1. The van der Waals surface area contributed by atoms with Gasteiger partial charge in [0, 0.05) is 46.8 Å². The molecule has 0 saturated carbocycles. The van der Waals surface area contributed by atoms with Crippen LogP contribution in [-0.2, 0) is 19.7 Å². The first-order chi connectivity index (χ1) is 12.8. The second-order valence-electron chi connectivity index (χ2n) is 7.63. The number of fused-ring (bicyclic) bond motifs is 1. The molecule has 27 heavy (non-hydrogen) atoms. The van der Waals surface area contributed by atoms with E-state index in [9.17, 15) is 13.2 Å². The van der Waals surface area contributed by atoms with Crippen molar-refractivity contribution in [1.82, 2.24) is 13.5 Å². The summed E-state index contributed by atoms with van der Waals surface area (Å²) in [5, 5.41) is 0. The van der Waals surface area contributed by atoms with Gasteiger partial charge in [-0.05, 0) is 24.0 Å². The maximum absolute atomic E-state index is 13.0. The standard InChI is InChI=1S/C19H29N3O4S/c1-14-7-5-6-8-16(14)19-17-13-21(18(23)9-10-26-4)11-15(17)12-22(19)27(24,25)20(2)3/h5-8,15,17,19H,9-13H2,1-4H3/t15-,17-,19+/m0/s1. The maximum Gasteiger partial charge on any atom is 0.282 e. The molecule has 2 aliphatic heterocycles. The van der Waals surface area contributed by atoms with E-state index in [4.69, 9.17) is 4.74 Å². The summed E-state index contributed by atoms with van der Waals surface area (Å²) >= 11 is 0. The van der Waals surface area contributed by atoms with Crippen LogP contribution in [0.2, 0.25) is 0 Å². The molecular weight excluding hydrogens is 366 g/mol. The van der Waals surface area contributed by atoms with Crippen LogP contribution in [0.25, 0.3) is 0 Å². The quantitative estimate of drug-likeness (QED) is 0.727. The van der Waals surface area contributed by atoms with Gasteiger partial charge in [0.25, 0.3) is 10.2 Å². The Balaban J connectivity index is 1.92. The molecule has 2 aliphatic rings. The van der Waals surface area contributed by atoms with Crippen molar-refractivity contribution in [1.29, 1.82) is 0 Å². The molecule has 7 nitrogen and oxygen atoms in total. The van der Waals surface area contributed by atoms with Crippen LogP contribution in [-0.4, -0.2) is 75.3 Å². The van der Waals surface area contributed by atoms with E-state index >= 15 is 0 Å². The molecule has 0 aromatic heterocycles. The van der Waals surface area contributed by atoms with Gasteiger partial charge < -0.3 is 9.64 Å². The Hall–Kier alpha value is -1.48. The van der Waals surface area contributed by atoms with Gasteiger partial charge in [-0.25, -0.2) is 0 Å². The van der Waals surface area contributed by atoms with Gasteiger partial charge in [-0.3, -0.25) is 4.79 Å². The van der Waals surface area contributed by atoms with Crippen LogP contribution in [0.15, 0.2) is 24.3 Å². The van der Waals surface area contributed by atoms with Gasteiger partial charge >= 0.3 is 0 Å². The van der Waals surface area contributed by atoms with Crippen molar-refractivity contribution in [2.45, 2.75) is 19.4 Å². The molecule has 3 rings (SSSR count). The number of ether oxygens (including phenoxy) is 1. The van der Waals surface area contributed by atoms with E-state index in [0.717, 1.165) is 11.1 Å². The third kappa shape index (κ3) is 3.76. The first kappa shape index (κ1) is 20.3. The fourth-order valence-corrected chi connectivity index (χ4v) is 5.66. The van der Waals surface area contributed by atoms with Gasteiger partial charge in [-0.15, -0.1) is 0 Å². The minimum absolute atomic E-state index is 0.0804. The summed E-state index contributed by atoms with van der Waals surface area (Å²) in [5.74, 6) is 0.333. The fourth-order valence-electron chi connectivity index (χ4n) is 4.31. The molecule has 0 bridgehead atoms. The molecule has 0 spiro atoms. The molecule has 2 saturated heterocycles. The number of hydrogen-bond donors (Lipinski definition) is 0. The second-order valence-corrected chi connectivity index (χ2v) is 9.72. The van der Waals surface area contributed by atoms with E-state index in [1.54, 1.807) is 25.5 Å². The Morgan fingerprint density at radius 3 is 2.56 bits per heavy atom. The molecule has 1 aromatic rings. The zero-order chi connectivity index (χ0) is 19.8. The van der Waals surface area contributed by atoms with E-state index in [1.807, 2.05) is 36.1 Å². The van der Waals surface area contributed by atoms with Gasteiger partial charge in [-0.2, -0.15) is 17.0 Å². The summed E-state index contributed by atoms with van der Waals surface area (Å²) in [6.45, 7) is 4.06. The third-order valence-electron chi connectivity index (χ3n) is 5.76. The zero-order valence-electron chi connectivity index (χ0n) is 16.5. The summed E-state index contributed by atoms with van der Waals surface area (Å²) in [5.41, 5.74) is 2.10. The van der Waals surface area contributed by atoms with Gasteiger partial charge in [-0.1, -0.05) is 24.3 Å². The molecule has 2 fully saturated rings. The molecule has 1 aromatic carbocycles. The predicted molar refractivity (Wildman–Crippen MR) is 103 cm³/mol. The van der Waals surface area contributed by atoms with Crippen LogP contribution >= 0.6 is 0 Å². The van der Waals surface area contributed by atoms with Crippen molar-refractivity contribution in [2.24, 2.45) is 11.8 Å². The average Bonchev–Trinajstić information content (AvgIpc) is 3.18. The molecule has 3 atom stereocenters. The summed E-state index contributed by atoms with van der Waals surface area (Å²) in [6, 6.07) is 7.69. The molecule has 0 aliphatic carbocycles. The minimum Gasteiger partial charge on any atom is -0.384 e. The molecule has 1 amide bonds. The van der Waals surface area contributed by atoms with E-state index in [1.165, 1.54) is 4.31 Å². The van der Waals surface area contributed by atoms with E-state index in [0.29, 0.717) is 32.7 Å². The topological polar surface area (TPSA) is 70.2 Å². The Morgan fingerprint density at radius 2 is 1.93 bits per heavy atom. The minimum atomic E-state index is -3.54. The highest BCUT2D eigenvalue weighted by Crippen LogP contribution is 2.47. The predicted octanol–water partition coefficient (Wildman–Crippen LogP) is 1.27. The first-order valence-electron chi connectivity index (χ1n) is 9.29. The highest BCUT2D eigenvalue weighted by atomic mass is 32.2. The molecule has 150 valence electrons. The summed E-state index contributed by atoms with van der Waals surface area (Å²) in [6.07, 6.45) is 0.366. The maximum atomic E-state index is 13.0. The monoisotopic (exact) mass is 395 g/mol. The summed E-state index contributed by atoms with van der Waals surface area (Å²) in [7, 11) is 1.18. The van der Waals surface area contributed by atoms with E-state index in [-0.39, 0.29) is 23.8 Å². The van der Waals surface area contributed by atoms with Crippen molar-refractivity contribution < 1.29 is 17.9 Å². The summed E-state index contributed by atoms with van der Waals surface area (Å²) in [4.78, 5) is 14.3. The van der Waals surface area contributed by atoms with Gasteiger partial charge in [0.15, 0.2) is 0 Å². The first-order valence-corrected chi connectivity index (χ1v) is 10.7. The molecule has 8 heteroatoms. The SMILES string of the molecule is COCCC(=O)N1C[C@H]2CN(S(=O)(=O)N(C)C)[C@H](c3ccccc3C)[C@H]2C1. The summed E-state index contributed by atoms with van der Waals surface area (Å²) < 4.78 is 33.9. The van der Waals surface area contributed by atoms with Crippen molar-refractivity contribution >= 4 is 16.1 Å². The van der Waals surface area contributed by atoms with Crippen LogP contribution in [0, 0.1) is 18.8 Å². The Labute approximate surface area is 162 Å². The van der Waals surface area contributed by atoms with Crippen LogP contribution in [0.5, 0.6) is 0 Å². The fraction of sp³-hybridized carbons (Fsp3) is 0.632. The third-order valence-corrected chi connectivity index (χ3v) is 7.65. The van der Waals surface area contributed by atoms with Crippen molar-refractivity contribution in [3.8, 4) is 0 Å². The number of carbonyl (C=O) groups is 1. The molecule has 0 unspecified atom stereocenters. The van der Waals surface area contributed by atoms with Crippen LogP contribution in [0.3, 0.4) is 0 Å². The van der Waals surface area contributed by atoms with Crippen molar-refractivity contribution in [3.05, 3.63) is 35.4 Å². The van der Waals surface area contributed by atoms with Crippen LogP contribution in [0.4, 0.5) is 0 Å². The number of hydrogen-bond acceptors (Lipinski definition) is 4. The highest BCUT2D eigenvalue weighted by molar-refractivity contribution is 7.86. The number of aryl methyl sites for hydroxylation is 1. The zero-order valence-corrected chi connectivity index (χ0v) is 17.3. The number of likely N-dealkylation sites (tertiary alicyclic amines) is 1. The number of amides is 1. The molecular formula is C19H29N3O4S. The lowest BCUT2D eigenvalue weighted by Gasteiger charge is -2.31. The van der Waals surface area contributed by atoms with Gasteiger partial charge in [0.1, 0.15) is 0 Å². The van der Waals surface area contributed by atoms with Crippen molar-refractivity contribution in [2.75, 3.05) is 47.4 Å². The lowest BCUT2D eigenvalue weighted by atomic mass is 9.88. The Bertz CT molecular complexity index is 796. The lowest BCUT2D eigenvalue weighted by Crippen LogP contribution is -2.42. The van der Waals surface area contributed by atoms with Crippen molar-refractivity contribution in [3.63, 3.8) is 0 Å². The number of benzene rings is 1. The Kier molecular flexibility index (Phi) is 5.90. The van der Waals surface area contributed by atoms with Gasteiger partial charge in [0.05, 0.1) is 19.1 Å². The smallest absolute Gasteiger partial charge is 0.282 e. The number of nitrogens with zero attached hydrogens (tertiary/aromatic N) is 3. The number of methoxy groups -OCH3 is 1. The largest absolute Gasteiger partial charge is 0.384 e. The normalized spacial score (nSPS) is 26.0. The van der Waals surface area contributed by atoms with Crippen LogP contribution < -0.4 is 0 Å².